The van der Waals surface area contributed by atoms with E-state index in [9.17, 15) is 14.4 Å². The first kappa shape index (κ1) is 17.5. The van der Waals surface area contributed by atoms with Crippen LogP contribution in [0, 0.1) is 0 Å². The molecular weight excluding hydrogens is 320 g/mol. The van der Waals surface area contributed by atoms with E-state index in [1.165, 1.54) is 4.90 Å². The van der Waals surface area contributed by atoms with E-state index in [1.54, 1.807) is 24.3 Å². The highest BCUT2D eigenvalue weighted by atomic mass is 16.6. The molecule has 0 aromatic heterocycles. The SMILES string of the molecule is CCCCCCNC(=O)[C@H]1CCC(=O)N1[C@H]1OC(=O)c2ccccc21. The van der Waals surface area contributed by atoms with Gasteiger partial charge in [-0.15, -0.1) is 0 Å². The van der Waals surface area contributed by atoms with Gasteiger partial charge in [-0.1, -0.05) is 44.4 Å². The van der Waals surface area contributed by atoms with Crippen LogP contribution in [-0.4, -0.2) is 35.3 Å². The topological polar surface area (TPSA) is 75.7 Å². The maximum Gasteiger partial charge on any atom is 0.340 e. The zero-order valence-electron chi connectivity index (χ0n) is 14.5. The molecule has 6 heteroatoms. The largest absolute Gasteiger partial charge is 0.433 e. The first-order valence-electron chi connectivity index (χ1n) is 9.02. The van der Waals surface area contributed by atoms with Crippen molar-refractivity contribution in [2.75, 3.05) is 6.54 Å². The second-order valence-corrected chi connectivity index (χ2v) is 6.55. The molecule has 0 bridgehead atoms. The molecule has 134 valence electrons. The fourth-order valence-electron chi connectivity index (χ4n) is 3.47. The van der Waals surface area contributed by atoms with E-state index in [0.29, 0.717) is 30.5 Å². The third-order valence-electron chi connectivity index (χ3n) is 4.81. The highest BCUT2D eigenvalue weighted by molar-refractivity contribution is 5.96. The molecule has 1 aromatic carbocycles. The van der Waals surface area contributed by atoms with Gasteiger partial charge in [-0.05, 0) is 18.9 Å². The zero-order valence-corrected chi connectivity index (χ0v) is 14.5. The predicted molar refractivity (Wildman–Crippen MR) is 91.6 cm³/mol. The summed E-state index contributed by atoms with van der Waals surface area (Å²) >= 11 is 0. The molecule has 0 unspecified atom stereocenters. The second-order valence-electron chi connectivity index (χ2n) is 6.55. The van der Waals surface area contributed by atoms with Crippen molar-refractivity contribution in [1.82, 2.24) is 10.2 Å². The van der Waals surface area contributed by atoms with Crippen LogP contribution in [0.1, 0.15) is 67.6 Å². The Labute approximate surface area is 147 Å². The Bertz CT molecular complexity index is 673. The number of cyclic esters (lactones) is 1. The summed E-state index contributed by atoms with van der Waals surface area (Å²) in [4.78, 5) is 38.4. The molecule has 2 aliphatic rings. The van der Waals surface area contributed by atoms with Crippen LogP contribution in [0.4, 0.5) is 0 Å². The lowest BCUT2D eigenvalue weighted by Crippen LogP contribution is -2.46. The number of hydrogen-bond acceptors (Lipinski definition) is 4. The van der Waals surface area contributed by atoms with Crippen LogP contribution in [0.5, 0.6) is 0 Å². The first-order chi connectivity index (χ1) is 12.1. The zero-order chi connectivity index (χ0) is 17.8. The van der Waals surface area contributed by atoms with E-state index in [4.69, 9.17) is 4.74 Å². The number of unbranched alkanes of at least 4 members (excludes halogenated alkanes) is 3. The van der Waals surface area contributed by atoms with Crippen molar-refractivity contribution in [3.05, 3.63) is 35.4 Å². The van der Waals surface area contributed by atoms with E-state index < -0.39 is 18.2 Å². The van der Waals surface area contributed by atoms with Crippen LogP contribution in [-0.2, 0) is 14.3 Å². The average molecular weight is 344 g/mol. The molecule has 1 N–H and O–H groups in total. The minimum absolute atomic E-state index is 0.152. The maximum atomic E-state index is 12.5. The fraction of sp³-hybridized carbons (Fsp3) is 0.526. The van der Waals surface area contributed by atoms with Gasteiger partial charge in [-0.3, -0.25) is 14.5 Å². The number of likely N-dealkylation sites (tertiary alicyclic amines) is 1. The van der Waals surface area contributed by atoms with Gasteiger partial charge in [0.2, 0.25) is 18.0 Å². The Hall–Kier alpha value is -2.37. The number of nitrogens with zero attached hydrogens (tertiary/aromatic N) is 1. The monoisotopic (exact) mass is 344 g/mol. The molecule has 0 radical (unpaired) electrons. The lowest BCUT2D eigenvalue weighted by molar-refractivity contribution is -0.145. The van der Waals surface area contributed by atoms with Crippen molar-refractivity contribution in [1.29, 1.82) is 0 Å². The highest BCUT2D eigenvalue weighted by Gasteiger charge is 2.46. The Morgan fingerprint density at radius 1 is 1.24 bits per heavy atom. The summed E-state index contributed by atoms with van der Waals surface area (Å²) < 4.78 is 5.41. The van der Waals surface area contributed by atoms with Gasteiger partial charge < -0.3 is 10.1 Å². The van der Waals surface area contributed by atoms with Gasteiger partial charge >= 0.3 is 5.97 Å². The number of carbonyl (C=O) groups is 3. The summed E-state index contributed by atoms with van der Waals surface area (Å²) in [6, 6.07) is 6.44. The first-order valence-corrected chi connectivity index (χ1v) is 9.02. The summed E-state index contributed by atoms with van der Waals surface area (Å²) in [7, 11) is 0. The normalized spacial score (nSPS) is 22.0. The third kappa shape index (κ3) is 3.52. The van der Waals surface area contributed by atoms with E-state index in [1.807, 2.05) is 0 Å². The molecule has 1 saturated heterocycles. The summed E-state index contributed by atoms with van der Waals surface area (Å²) in [5, 5.41) is 2.92. The Balaban J connectivity index is 1.69. The minimum Gasteiger partial charge on any atom is -0.433 e. The summed E-state index contributed by atoms with van der Waals surface area (Å²) in [6.07, 6.45) is 4.26. The van der Waals surface area contributed by atoms with Gasteiger partial charge in [0.15, 0.2) is 0 Å². The van der Waals surface area contributed by atoms with Crippen molar-refractivity contribution >= 4 is 17.8 Å². The van der Waals surface area contributed by atoms with Crippen molar-refractivity contribution in [3.8, 4) is 0 Å². The molecule has 2 heterocycles. The molecular formula is C19H24N2O4. The van der Waals surface area contributed by atoms with Crippen LogP contribution < -0.4 is 5.32 Å². The molecule has 25 heavy (non-hydrogen) atoms. The van der Waals surface area contributed by atoms with E-state index in [2.05, 4.69) is 12.2 Å². The van der Waals surface area contributed by atoms with Crippen molar-refractivity contribution < 1.29 is 19.1 Å². The van der Waals surface area contributed by atoms with Gasteiger partial charge in [-0.25, -0.2) is 4.79 Å². The second kappa shape index (κ2) is 7.68. The summed E-state index contributed by atoms with van der Waals surface area (Å²) in [5.74, 6) is -0.762. The summed E-state index contributed by atoms with van der Waals surface area (Å²) in [6.45, 7) is 2.75. The Morgan fingerprint density at radius 3 is 2.84 bits per heavy atom. The smallest absolute Gasteiger partial charge is 0.340 e. The molecule has 1 aromatic rings. The van der Waals surface area contributed by atoms with Crippen molar-refractivity contribution in [2.45, 2.75) is 57.7 Å². The van der Waals surface area contributed by atoms with Gasteiger partial charge in [0.1, 0.15) is 6.04 Å². The number of benzene rings is 1. The lowest BCUT2D eigenvalue weighted by Gasteiger charge is -2.29. The van der Waals surface area contributed by atoms with Gasteiger partial charge in [0.25, 0.3) is 0 Å². The number of fused-ring (bicyclic) bond motifs is 1. The molecule has 6 nitrogen and oxygen atoms in total. The number of esters is 1. The van der Waals surface area contributed by atoms with Crippen LogP contribution in [0.2, 0.25) is 0 Å². The van der Waals surface area contributed by atoms with Crippen molar-refractivity contribution in [2.24, 2.45) is 0 Å². The van der Waals surface area contributed by atoms with E-state index >= 15 is 0 Å². The molecule has 2 atom stereocenters. The van der Waals surface area contributed by atoms with Crippen LogP contribution in [0.15, 0.2) is 24.3 Å². The van der Waals surface area contributed by atoms with E-state index in [-0.39, 0.29) is 11.8 Å². The Morgan fingerprint density at radius 2 is 2.04 bits per heavy atom. The molecule has 2 aliphatic heterocycles. The van der Waals surface area contributed by atoms with E-state index in [0.717, 1.165) is 25.7 Å². The fourth-order valence-corrected chi connectivity index (χ4v) is 3.47. The lowest BCUT2D eigenvalue weighted by atomic mass is 10.1. The molecule has 3 rings (SSSR count). The Kier molecular flexibility index (Phi) is 5.36. The number of hydrogen-bond donors (Lipinski definition) is 1. The van der Waals surface area contributed by atoms with Gasteiger partial charge in [-0.2, -0.15) is 0 Å². The third-order valence-corrected chi connectivity index (χ3v) is 4.81. The number of nitrogens with one attached hydrogen (secondary N) is 1. The van der Waals surface area contributed by atoms with Gasteiger partial charge in [0.05, 0.1) is 5.56 Å². The van der Waals surface area contributed by atoms with Crippen molar-refractivity contribution in [3.63, 3.8) is 0 Å². The molecule has 1 fully saturated rings. The number of amides is 2. The number of rotatable bonds is 7. The predicted octanol–water partition coefficient (Wildman–Crippen LogP) is 2.54. The standard InChI is InChI=1S/C19H24N2O4/c1-2-3-4-7-12-20-17(23)15-10-11-16(22)21(15)18-13-8-5-6-9-14(13)19(24)25-18/h5-6,8-9,15,18H,2-4,7,10-12H2,1H3,(H,20,23)/t15-,18+/m1/s1. The molecule has 0 spiro atoms. The summed E-state index contributed by atoms with van der Waals surface area (Å²) in [5.41, 5.74) is 1.12. The molecule has 0 saturated carbocycles. The maximum absolute atomic E-state index is 12.5. The van der Waals surface area contributed by atoms with Crippen LogP contribution >= 0.6 is 0 Å². The van der Waals surface area contributed by atoms with Crippen LogP contribution in [0.3, 0.4) is 0 Å². The quantitative estimate of drug-likeness (QED) is 0.609. The van der Waals surface area contributed by atoms with Gasteiger partial charge in [0, 0.05) is 18.5 Å². The average Bonchev–Trinajstić information content (AvgIpc) is 3.15. The highest BCUT2D eigenvalue weighted by Crippen LogP contribution is 2.38. The number of carbonyl (C=O) groups excluding carboxylic acids is 3. The number of ether oxygens (including phenoxy) is 1. The minimum atomic E-state index is -0.797. The molecule has 0 aliphatic carbocycles. The van der Waals surface area contributed by atoms with Crippen LogP contribution in [0.25, 0.3) is 0 Å². The molecule has 2 amide bonds.